The number of epoxide rings is 1. The molecule has 1 heteroatoms. The van der Waals surface area contributed by atoms with Crippen molar-refractivity contribution in [3.05, 3.63) is 0 Å². The normalized spacial score (nSPS) is 66.0. The molecular formula is C7H10O. The second-order valence-corrected chi connectivity index (χ2v) is 3.40. The summed E-state index contributed by atoms with van der Waals surface area (Å²) in [6, 6.07) is 0. The summed E-state index contributed by atoms with van der Waals surface area (Å²) < 4.78 is 5.44. The van der Waals surface area contributed by atoms with Gasteiger partial charge in [-0.05, 0) is 31.1 Å². The third-order valence-electron chi connectivity index (χ3n) is 3.00. The molecule has 0 aromatic carbocycles. The van der Waals surface area contributed by atoms with E-state index in [0.29, 0.717) is 0 Å². The molecule has 2 bridgehead atoms. The van der Waals surface area contributed by atoms with E-state index in [9.17, 15) is 0 Å². The summed E-state index contributed by atoms with van der Waals surface area (Å²) in [5.74, 6) is 1.98. The zero-order valence-electron chi connectivity index (χ0n) is 4.84. The molecule has 0 aromatic heterocycles. The maximum absolute atomic E-state index is 5.44. The Bertz CT molecular complexity index is 118. The number of ether oxygens (including phenoxy) is 1. The van der Waals surface area contributed by atoms with E-state index in [4.69, 9.17) is 4.74 Å². The first-order valence-electron chi connectivity index (χ1n) is 3.60. The van der Waals surface area contributed by atoms with Crippen LogP contribution in [0.25, 0.3) is 0 Å². The van der Waals surface area contributed by atoms with Crippen molar-refractivity contribution in [2.24, 2.45) is 11.8 Å². The van der Waals surface area contributed by atoms with Gasteiger partial charge in [-0.15, -0.1) is 0 Å². The monoisotopic (exact) mass is 110 g/mol. The van der Waals surface area contributed by atoms with Crippen LogP contribution in [0.4, 0.5) is 0 Å². The van der Waals surface area contributed by atoms with Gasteiger partial charge in [0.15, 0.2) is 0 Å². The van der Waals surface area contributed by atoms with Crippen molar-refractivity contribution in [3.8, 4) is 0 Å². The van der Waals surface area contributed by atoms with Gasteiger partial charge in [0.25, 0.3) is 0 Å². The van der Waals surface area contributed by atoms with Crippen molar-refractivity contribution in [1.29, 1.82) is 0 Å². The largest absolute Gasteiger partial charge is 0.369 e. The van der Waals surface area contributed by atoms with Crippen LogP contribution < -0.4 is 0 Å². The van der Waals surface area contributed by atoms with Crippen molar-refractivity contribution in [2.75, 3.05) is 0 Å². The summed E-state index contributed by atoms with van der Waals surface area (Å²) in [6.07, 6.45) is 5.91. The maximum Gasteiger partial charge on any atom is 0.0872 e. The molecule has 3 rings (SSSR count). The molecular weight excluding hydrogens is 100 g/mol. The van der Waals surface area contributed by atoms with Crippen molar-refractivity contribution in [3.63, 3.8) is 0 Å². The van der Waals surface area contributed by atoms with Crippen LogP contribution in [0.2, 0.25) is 0 Å². The third kappa shape index (κ3) is 0.278. The van der Waals surface area contributed by atoms with Crippen LogP contribution in [-0.4, -0.2) is 12.2 Å². The summed E-state index contributed by atoms with van der Waals surface area (Å²) in [4.78, 5) is 0. The maximum atomic E-state index is 5.44. The molecule has 1 saturated heterocycles. The second-order valence-electron chi connectivity index (χ2n) is 3.40. The van der Waals surface area contributed by atoms with Crippen molar-refractivity contribution in [2.45, 2.75) is 31.5 Å². The Morgan fingerprint density at radius 1 is 1.00 bits per heavy atom. The fourth-order valence-electron chi connectivity index (χ4n) is 2.54. The van der Waals surface area contributed by atoms with E-state index in [2.05, 4.69) is 0 Å². The molecule has 3 fully saturated rings. The summed E-state index contributed by atoms with van der Waals surface area (Å²) in [6.45, 7) is 0. The molecule has 0 spiro atoms. The van der Waals surface area contributed by atoms with E-state index in [1.54, 1.807) is 0 Å². The fraction of sp³-hybridized carbons (Fsp3) is 1.00. The van der Waals surface area contributed by atoms with E-state index < -0.39 is 0 Å². The molecule has 1 nitrogen and oxygen atoms in total. The zero-order chi connectivity index (χ0) is 5.14. The minimum absolute atomic E-state index is 0.744. The van der Waals surface area contributed by atoms with Crippen LogP contribution in [0.1, 0.15) is 19.3 Å². The van der Waals surface area contributed by atoms with Crippen molar-refractivity contribution < 1.29 is 4.74 Å². The minimum atomic E-state index is 0.744. The Morgan fingerprint density at radius 2 is 1.62 bits per heavy atom. The Morgan fingerprint density at radius 3 is 2.00 bits per heavy atom. The van der Waals surface area contributed by atoms with Gasteiger partial charge < -0.3 is 4.74 Å². The van der Waals surface area contributed by atoms with Gasteiger partial charge in [-0.2, -0.15) is 0 Å². The molecule has 0 radical (unpaired) electrons. The van der Waals surface area contributed by atoms with Crippen LogP contribution in [0.5, 0.6) is 0 Å². The summed E-state index contributed by atoms with van der Waals surface area (Å²) in [5, 5.41) is 0. The Balaban J connectivity index is 2.02. The average Bonchev–Trinajstić information content (AvgIpc) is 2.39. The van der Waals surface area contributed by atoms with E-state index in [1.165, 1.54) is 19.3 Å². The van der Waals surface area contributed by atoms with Gasteiger partial charge in [0.2, 0.25) is 0 Å². The Kier molecular flexibility index (Phi) is 0.472. The lowest BCUT2D eigenvalue weighted by Crippen LogP contribution is -2.04. The fourth-order valence-corrected chi connectivity index (χ4v) is 2.54. The molecule has 2 saturated carbocycles. The molecule has 3 aliphatic rings. The highest BCUT2D eigenvalue weighted by Gasteiger charge is 2.59. The third-order valence-corrected chi connectivity index (χ3v) is 3.00. The predicted molar refractivity (Wildman–Crippen MR) is 29.5 cm³/mol. The molecule has 2 aliphatic carbocycles. The van der Waals surface area contributed by atoms with Crippen molar-refractivity contribution in [1.82, 2.24) is 0 Å². The lowest BCUT2D eigenvalue weighted by atomic mass is 10.0. The van der Waals surface area contributed by atoms with E-state index in [-0.39, 0.29) is 0 Å². The molecule has 4 atom stereocenters. The first-order valence-corrected chi connectivity index (χ1v) is 3.60. The highest BCUT2D eigenvalue weighted by molar-refractivity contribution is 5.07. The molecule has 1 aliphatic heterocycles. The summed E-state index contributed by atoms with van der Waals surface area (Å²) >= 11 is 0. The predicted octanol–water partition coefficient (Wildman–Crippen LogP) is 1.18. The SMILES string of the molecule is C1C[C@@H]2C[C@H]1C1O[C@H]12. The van der Waals surface area contributed by atoms with Gasteiger partial charge in [0.1, 0.15) is 0 Å². The highest BCUT2D eigenvalue weighted by Crippen LogP contribution is 2.55. The number of rotatable bonds is 0. The summed E-state index contributed by atoms with van der Waals surface area (Å²) in [5.41, 5.74) is 0. The van der Waals surface area contributed by atoms with Crippen molar-refractivity contribution >= 4 is 0 Å². The molecule has 1 heterocycles. The highest BCUT2D eigenvalue weighted by atomic mass is 16.6. The number of hydrogen-bond acceptors (Lipinski definition) is 1. The summed E-state index contributed by atoms with van der Waals surface area (Å²) in [7, 11) is 0. The smallest absolute Gasteiger partial charge is 0.0872 e. The Labute approximate surface area is 49.0 Å². The zero-order valence-corrected chi connectivity index (χ0v) is 4.84. The topological polar surface area (TPSA) is 12.5 Å². The van der Waals surface area contributed by atoms with Crippen LogP contribution in [0.3, 0.4) is 0 Å². The molecule has 0 amide bonds. The molecule has 0 aromatic rings. The van der Waals surface area contributed by atoms with Gasteiger partial charge in [0, 0.05) is 0 Å². The van der Waals surface area contributed by atoms with E-state index in [0.717, 1.165) is 24.0 Å². The van der Waals surface area contributed by atoms with Crippen LogP contribution >= 0.6 is 0 Å². The lowest BCUT2D eigenvalue weighted by Gasteiger charge is -1.99. The lowest BCUT2D eigenvalue weighted by molar-refractivity contribution is 0.264. The number of hydrogen-bond donors (Lipinski definition) is 0. The van der Waals surface area contributed by atoms with E-state index >= 15 is 0 Å². The minimum Gasteiger partial charge on any atom is -0.369 e. The standard InChI is InChI=1S/C7H10O/c1-2-5-3-4(1)6-7(5)8-6/h4-7H,1-3H2/t4-,5+,6+,7?/m1/s1. The quantitative estimate of drug-likeness (QED) is 0.427. The molecule has 8 heavy (non-hydrogen) atoms. The van der Waals surface area contributed by atoms with Gasteiger partial charge in [-0.25, -0.2) is 0 Å². The van der Waals surface area contributed by atoms with Gasteiger partial charge in [-0.1, -0.05) is 0 Å². The molecule has 1 unspecified atom stereocenters. The Hall–Kier alpha value is -0.0400. The van der Waals surface area contributed by atoms with Crippen LogP contribution in [0, 0.1) is 11.8 Å². The second kappa shape index (κ2) is 0.971. The van der Waals surface area contributed by atoms with Crippen LogP contribution in [0.15, 0.2) is 0 Å². The number of fused-ring (bicyclic) bond motifs is 5. The molecule has 0 N–H and O–H groups in total. The average molecular weight is 110 g/mol. The first kappa shape index (κ1) is 3.89. The van der Waals surface area contributed by atoms with E-state index in [1.807, 2.05) is 0 Å². The van der Waals surface area contributed by atoms with Crippen LogP contribution in [-0.2, 0) is 4.74 Å². The first-order chi connectivity index (χ1) is 3.95. The van der Waals surface area contributed by atoms with Gasteiger partial charge >= 0.3 is 0 Å². The van der Waals surface area contributed by atoms with Gasteiger partial charge in [-0.3, -0.25) is 0 Å². The van der Waals surface area contributed by atoms with Gasteiger partial charge in [0.05, 0.1) is 12.2 Å². The molecule has 44 valence electrons.